The fourth-order valence-corrected chi connectivity index (χ4v) is 1.51. The molecule has 1 rings (SSSR count). The molecule has 0 aliphatic heterocycles. The van der Waals surface area contributed by atoms with Crippen LogP contribution in [0.25, 0.3) is 0 Å². The highest BCUT2D eigenvalue weighted by atomic mass is 127. The zero-order valence-electron chi connectivity index (χ0n) is 6.43. The number of ketones is 1. The number of benzene rings is 1. The van der Waals surface area contributed by atoms with Gasteiger partial charge in [-0.25, -0.2) is 0 Å². The van der Waals surface area contributed by atoms with Gasteiger partial charge in [0.25, 0.3) is 0 Å². The van der Waals surface area contributed by atoms with E-state index in [0.29, 0.717) is 16.3 Å². The number of rotatable bonds is 2. The summed E-state index contributed by atoms with van der Waals surface area (Å²) in [5.41, 5.74) is 6.37. The molecule has 5 heteroatoms. The lowest BCUT2D eigenvalue weighted by Gasteiger charge is -2.05. The molecule has 13 heavy (non-hydrogen) atoms. The highest BCUT2D eigenvalue weighted by Gasteiger charge is 2.16. The van der Waals surface area contributed by atoms with Crippen molar-refractivity contribution in [1.82, 2.24) is 0 Å². The van der Waals surface area contributed by atoms with E-state index in [2.05, 4.69) is 0 Å². The van der Waals surface area contributed by atoms with Crippen LogP contribution in [0, 0.1) is 0 Å². The lowest BCUT2D eigenvalue weighted by molar-refractivity contribution is 0.101. The van der Waals surface area contributed by atoms with Gasteiger partial charge in [-0.1, -0.05) is 34.2 Å². The van der Waals surface area contributed by atoms with Crippen molar-refractivity contribution in [3.63, 3.8) is 0 Å². The molecule has 1 aromatic carbocycles. The summed E-state index contributed by atoms with van der Waals surface area (Å²) < 4.78 is -0.596. The summed E-state index contributed by atoms with van der Waals surface area (Å²) in [7, 11) is 0. The Kier molecular flexibility index (Phi) is 3.82. The number of hydrogen-bond acceptors (Lipinski definition) is 2. The Balaban J connectivity index is 3.09. The Morgan fingerprint density at radius 2 is 2.15 bits per heavy atom. The van der Waals surface area contributed by atoms with Gasteiger partial charge in [-0.15, -0.1) is 11.6 Å². The summed E-state index contributed by atoms with van der Waals surface area (Å²) in [6.07, 6.45) is 0. The molecule has 0 fully saturated rings. The zero-order valence-corrected chi connectivity index (χ0v) is 10.1. The van der Waals surface area contributed by atoms with Crippen molar-refractivity contribution in [2.75, 3.05) is 5.73 Å². The van der Waals surface area contributed by atoms with E-state index >= 15 is 0 Å². The number of carbonyl (C=O) groups is 1. The SMILES string of the molecule is Nc1cc(Cl)ccc1C(=O)C(Cl)I. The average molecular weight is 330 g/mol. The molecule has 1 atom stereocenters. The molecular weight excluding hydrogens is 324 g/mol. The Morgan fingerprint density at radius 1 is 1.54 bits per heavy atom. The maximum Gasteiger partial charge on any atom is 0.192 e. The fraction of sp³-hybridized carbons (Fsp3) is 0.125. The zero-order chi connectivity index (χ0) is 10.0. The molecule has 70 valence electrons. The molecular formula is C8H6Cl2INO. The van der Waals surface area contributed by atoms with Gasteiger partial charge in [0.1, 0.15) is 3.38 Å². The molecule has 0 saturated heterocycles. The van der Waals surface area contributed by atoms with Crippen molar-refractivity contribution >= 4 is 57.3 Å². The van der Waals surface area contributed by atoms with Gasteiger partial charge >= 0.3 is 0 Å². The van der Waals surface area contributed by atoms with Gasteiger partial charge in [0.2, 0.25) is 0 Å². The number of Topliss-reactive ketones (excluding diaryl/α,β-unsaturated/α-hetero) is 1. The third-order valence-electron chi connectivity index (χ3n) is 1.48. The van der Waals surface area contributed by atoms with Crippen molar-refractivity contribution in [2.24, 2.45) is 0 Å². The lowest BCUT2D eigenvalue weighted by atomic mass is 10.1. The Morgan fingerprint density at radius 3 is 2.62 bits per heavy atom. The standard InChI is InChI=1S/C8H6Cl2INO/c9-4-1-2-5(6(12)3-4)7(13)8(10)11/h1-3,8H,12H2. The van der Waals surface area contributed by atoms with E-state index in [1.165, 1.54) is 6.07 Å². The monoisotopic (exact) mass is 329 g/mol. The van der Waals surface area contributed by atoms with Crippen LogP contribution in [-0.4, -0.2) is 9.17 Å². The van der Waals surface area contributed by atoms with Crippen LogP contribution in [0.5, 0.6) is 0 Å². The van der Waals surface area contributed by atoms with Crippen LogP contribution >= 0.6 is 45.8 Å². The van der Waals surface area contributed by atoms with Gasteiger partial charge in [0.15, 0.2) is 5.78 Å². The summed E-state index contributed by atoms with van der Waals surface area (Å²) in [5.74, 6) is -0.198. The van der Waals surface area contributed by atoms with Crippen molar-refractivity contribution in [2.45, 2.75) is 3.38 Å². The van der Waals surface area contributed by atoms with E-state index in [-0.39, 0.29) is 5.78 Å². The first-order valence-corrected chi connectivity index (χ1v) is 5.45. The molecule has 0 aromatic heterocycles. The molecule has 0 radical (unpaired) electrons. The first kappa shape index (κ1) is 11.1. The molecule has 0 amide bonds. The van der Waals surface area contributed by atoms with Gasteiger partial charge in [0.05, 0.1) is 0 Å². The summed E-state index contributed by atoms with van der Waals surface area (Å²) >= 11 is 13.1. The van der Waals surface area contributed by atoms with Crippen LogP contribution in [0.1, 0.15) is 10.4 Å². The third kappa shape index (κ3) is 2.72. The van der Waals surface area contributed by atoms with E-state index in [1.807, 2.05) is 22.6 Å². The van der Waals surface area contributed by atoms with Crippen LogP contribution in [0.4, 0.5) is 5.69 Å². The Labute approximate surface area is 99.5 Å². The molecule has 0 bridgehead atoms. The minimum atomic E-state index is -0.596. The van der Waals surface area contributed by atoms with Crippen LogP contribution in [0.3, 0.4) is 0 Å². The molecule has 0 saturated carbocycles. The summed E-state index contributed by atoms with van der Waals surface area (Å²) in [6, 6.07) is 4.72. The van der Waals surface area contributed by atoms with Gasteiger partial charge in [-0.2, -0.15) is 0 Å². The average Bonchev–Trinajstić information content (AvgIpc) is 2.03. The number of anilines is 1. The largest absolute Gasteiger partial charge is 0.398 e. The fourth-order valence-electron chi connectivity index (χ4n) is 0.876. The maximum absolute atomic E-state index is 11.4. The Hall–Kier alpha value is 0. The molecule has 1 aromatic rings. The molecule has 1 unspecified atom stereocenters. The molecule has 0 aliphatic rings. The normalized spacial score (nSPS) is 12.5. The van der Waals surface area contributed by atoms with Gasteiger partial charge in [-0.3, -0.25) is 4.79 Å². The number of carbonyl (C=O) groups excluding carboxylic acids is 1. The minimum absolute atomic E-state index is 0.198. The number of hydrogen-bond donors (Lipinski definition) is 1. The predicted octanol–water partition coefficient (Wildman–Crippen LogP) is 3.10. The second-order valence-electron chi connectivity index (χ2n) is 2.40. The molecule has 0 aliphatic carbocycles. The van der Waals surface area contributed by atoms with Crippen molar-refractivity contribution < 1.29 is 4.79 Å². The number of halogens is 3. The smallest absolute Gasteiger partial charge is 0.192 e. The van der Waals surface area contributed by atoms with E-state index < -0.39 is 3.38 Å². The van der Waals surface area contributed by atoms with Gasteiger partial charge in [0, 0.05) is 16.3 Å². The summed E-state index contributed by atoms with van der Waals surface area (Å²) in [5, 5.41) is 0.508. The molecule has 0 spiro atoms. The van der Waals surface area contributed by atoms with Crippen molar-refractivity contribution in [3.8, 4) is 0 Å². The van der Waals surface area contributed by atoms with Crippen molar-refractivity contribution in [3.05, 3.63) is 28.8 Å². The first-order valence-electron chi connectivity index (χ1n) is 3.39. The molecule has 2 nitrogen and oxygen atoms in total. The van der Waals surface area contributed by atoms with E-state index in [1.54, 1.807) is 12.1 Å². The first-order chi connectivity index (χ1) is 6.02. The second-order valence-corrected chi connectivity index (χ2v) is 5.25. The van der Waals surface area contributed by atoms with E-state index in [9.17, 15) is 4.79 Å². The maximum atomic E-state index is 11.4. The van der Waals surface area contributed by atoms with Gasteiger partial charge in [-0.05, 0) is 18.2 Å². The topological polar surface area (TPSA) is 43.1 Å². The second kappa shape index (κ2) is 4.48. The van der Waals surface area contributed by atoms with E-state index in [0.717, 1.165) is 0 Å². The summed E-state index contributed by atoms with van der Waals surface area (Å²) in [4.78, 5) is 11.4. The number of alkyl halides is 2. The van der Waals surface area contributed by atoms with Gasteiger partial charge < -0.3 is 5.73 Å². The highest BCUT2D eigenvalue weighted by Crippen LogP contribution is 2.22. The van der Waals surface area contributed by atoms with Crippen LogP contribution in [0.15, 0.2) is 18.2 Å². The number of nitrogens with two attached hydrogens (primary N) is 1. The summed E-state index contributed by atoms with van der Waals surface area (Å²) in [6.45, 7) is 0. The van der Waals surface area contributed by atoms with Crippen LogP contribution in [0.2, 0.25) is 5.02 Å². The predicted molar refractivity (Wildman–Crippen MR) is 63.9 cm³/mol. The molecule has 2 N–H and O–H groups in total. The van der Waals surface area contributed by atoms with Crippen molar-refractivity contribution in [1.29, 1.82) is 0 Å². The van der Waals surface area contributed by atoms with E-state index in [4.69, 9.17) is 28.9 Å². The van der Waals surface area contributed by atoms with Crippen LogP contribution < -0.4 is 5.73 Å². The third-order valence-corrected chi connectivity index (χ3v) is 2.48. The minimum Gasteiger partial charge on any atom is -0.398 e. The number of nitrogen functional groups attached to an aromatic ring is 1. The molecule has 0 heterocycles. The van der Waals surface area contributed by atoms with Crippen LogP contribution in [-0.2, 0) is 0 Å². The highest BCUT2D eigenvalue weighted by molar-refractivity contribution is 14.1. The quantitative estimate of drug-likeness (QED) is 0.392. The Bertz CT molecular complexity index is 341. The lowest BCUT2D eigenvalue weighted by Crippen LogP contribution is -2.10.